The van der Waals surface area contributed by atoms with Gasteiger partial charge in [0.05, 0.1) is 6.10 Å². The summed E-state index contributed by atoms with van der Waals surface area (Å²) in [6, 6.07) is 1.06. The average Bonchev–Trinajstić information content (AvgIpc) is 2.30. The van der Waals surface area contributed by atoms with Crippen LogP contribution in [0.2, 0.25) is 0 Å². The monoisotopic (exact) mass is 212 g/mol. The van der Waals surface area contributed by atoms with Crippen LogP contribution in [0.1, 0.15) is 38.5 Å². The van der Waals surface area contributed by atoms with Crippen molar-refractivity contribution in [2.45, 2.75) is 56.7 Å². The van der Waals surface area contributed by atoms with Crippen LogP contribution >= 0.6 is 0 Å². The van der Waals surface area contributed by atoms with E-state index in [1.54, 1.807) is 0 Å². The van der Waals surface area contributed by atoms with E-state index in [1.165, 1.54) is 51.6 Å². The van der Waals surface area contributed by atoms with Gasteiger partial charge in [-0.2, -0.15) is 0 Å². The lowest BCUT2D eigenvalue weighted by Crippen LogP contribution is -2.52. The molecule has 2 aliphatic rings. The number of ether oxygens (including phenoxy) is 1. The predicted molar refractivity (Wildman–Crippen MR) is 61.8 cm³/mol. The predicted octanol–water partition coefficient (Wildman–Crippen LogP) is 1.37. The van der Waals surface area contributed by atoms with E-state index in [2.05, 4.69) is 4.90 Å². The van der Waals surface area contributed by atoms with Crippen molar-refractivity contribution in [2.75, 3.05) is 20.2 Å². The maximum Gasteiger partial charge on any atom is 0.0595 e. The van der Waals surface area contributed by atoms with E-state index in [4.69, 9.17) is 10.5 Å². The maximum absolute atomic E-state index is 6.20. The minimum atomic E-state index is 0.415. The summed E-state index contributed by atoms with van der Waals surface area (Å²) in [5.74, 6) is 0. The molecule has 0 spiro atoms. The molecule has 0 bridgehead atoms. The standard InChI is InChI=1S/C12H24N2O/c1-15-10-6-8-14(9-7-10)12-5-3-2-4-11(12)13/h10-12H,2-9,13H2,1H3/t11-,12-/m0/s1. The van der Waals surface area contributed by atoms with Crippen LogP contribution in [-0.2, 0) is 4.74 Å². The normalized spacial score (nSPS) is 35.6. The summed E-state index contributed by atoms with van der Waals surface area (Å²) in [6.07, 6.45) is 8.06. The summed E-state index contributed by atoms with van der Waals surface area (Å²) in [5, 5.41) is 0. The summed E-state index contributed by atoms with van der Waals surface area (Å²) in [4.78, 5) is 2.60. The Morgan fingerprint density at radius 3 is 2.33 bits per heavy atom. The van der Waals surface area contributed by atoms with Crippen molar-refractivity contribution in [3.63, 3.8) is 0 Å². The van der Waals surface area contributed by atoms with Gasteiger partial charge in [-0.15, -0.1) is 0 Å². The van der Waals surface area contributed by atoms with Crippen LogP contribution in [0, 0.1) is 0 Å². The molecule has 3 nitrogen and oxygen atoms in total. The zero-order valence-corrected chi connectivity index (χ0v) is 9.82. The smallest absolute Gasteiger partial charge is 0.0595 e. The molecule has 0 aromatic carbocycles. The van der Waals surface area contributed by atoms with Crippen molar-refractivity contribution < 1.29 is 4.74 Å². The van der Waals surface area contributed by atoms with Crippen molar-refractivity contribution in [2.24, 2.45) is 5.73 Å². The first-order valence-electron chi connectivity index (χ1n) is 6.33. The molecule has 15 heavy (non-hydrogen) atoms. The number of likely N-dealkylation sites (tertiary alicyclic amines) is 1. The van der Waals surface area contributed by atoms with Crippen LogP contribution in [0.3, 0.4) is 0 Å². The van der Waals surface area contributed by atoms with E-state index in [9.17, 15) is 0 Å². The van der Waals surface area contributed by atoms with Crippen LogP contribution in [-0.4, -0.2) is 43.3 Å². The largest absolute Gasteiger partial charge is 0.381 e. The van der Waals surface area contributed by atoms with Crippen LogP contribution in [0.4, 0.5) is 0 Å². The van der Waals surface area contributed by atoms with E-state index in [0.29, 0.717) is 18.2 Å². The molecule has 0 aromatic heterocycles. The minimum Gasteiger partial charge on any atom is -0.381 e. The molecular formula is C12H24N2O. The fraction of sp³-hybridized carbons (Fsp3) is 1.00. The lowest BCUT2D eigenvalue weighted by Gasteiger charge is -2.41. The molecule has 0 radical (unpaired) electrons. The summed E-state index contributed by atoms with van der Waals surface area (Å²) in [5.41, 5.74) is 6.20. The Labute approximate surface area is 93.0 Å². The second-order valence-corrected chi connectivity index (χ2v) is 4.99. The number of methoxy groups -OCH3 is 1. The Balaban J connectivity index is 1.83. The molecule has 2 N–H and O–H groups in total. The topological polar surface area (TPSA) is 38.5 Å². The maximum atomic E-state index is 6.20. The molecule has 1 saturated carbocycles. The van der Waals surface area contributed by atoms with Crippen LogP contribution in [0.5, 0.6) is 0 Å². The molecule has 3 heteroatoms. The number of nitrogens with zero attached hydrogens (tertiary/aromatic N) is 1. The highest BCUT2D eigenvalue weighted by molar-refractivity contribution is 4.88. The van der Waals surface area contributed by atoms with Gasteiger partial charge in [-0.05, 0) is 25.7 Å². The van der Waals surface area contributed by atoms with E-state index < -0.39 is 0 Å². The number of rotatable bonds is 2. The zero-order valence-electron chi connectivity index (χ0n) is 9.82. The SMILES string of the molecule is COC1CCN([C@H]2CCCC[C@@H]2N)CC1. The number of piperidine rings is 1. The van der Waals surface area contributed by atoms with Crippen molar-refractivity contribution in [1.82, 2.24) is 4.90 Å². The third-order valence-electron chi connectivity index (χ3n) is 4.06. The number of hydrogen-bond donors (Lipinski definition) is 1. The average molecular weight is 212 g/mol. The summed E-state index contributed by atoms with van der Waals surface area (Å²) >= 11 is 0. The van der Waals surface area contributed by atoms with Crippen molar-refractivity contribution in [1.29, 1.82) is 0 Å². The Hall–Kier alpha value is -0.120. The first kappa shape index (κ1) is 11.4. The molecule has 0 amide bonds. The second kappa shape index (κ2) is 5.28. The van der Waals surface area contributed by atoms with Gasteiger partial charge < -0.3 is 10.5 Å². The van der Waals surface area contributed by atoms with Crippen molar-refractivity contribution in [3.05, 3.63) is 0 Å². The highest BCUT2D eigenvalue weighted by atomic mass is 16.5. The van der Waals surface area contributed by atoms with Gasteiger partial charge >= 0.3 is 0 Å². The summed E-state index contributed by atoms with van der Waals surface area (Å²) in [7, 11) is 1.83. The Bertz CT molecular complexity index is 190. The zero-order chi connectivity index (χ0) is 10.7. The quantitative estimate of drug-likeness (QED) is 0.751. The van der Waals surface area contributed by atoms with Crippen molar-refractivity contribution >= 4 is 0 Å². The Kier molecular flexibility index (Phi) is 4.00. The molecule has 1 aliphatic carbocycles. The van der Waals surface area contributed by atoms with Gasteiger partial charge in [-0.25, -0.2) is 0 Å². The number of hydrogen-bond acceptors (Lipinski definition) is 3. The highest BCUT2D eigenvalue weighted by Gasteiger charge is 2.30. The lowest BCUT2D eigenvalue weighted by molar-refractivity contribution is 0.0171. The van der Waals surface area contributed by atoms with Gasteiger partial charge in [0.1, 0.15) is 0 Å². The van der Waals surface area contributed by atoms with E-state index in [0.717, 1.165) is 0 Å². The highest BCUT2D eigenvalue weighted by Crippen LogP contribution is 2.25. The van der Waals surface area contributed by atoms with E-state index >= 15 is 0 Å². The summed E-state index contributed by atoms with van der Waals surface area (Å²) in [6.45, 7) is 2.35. The van der Waals surface area contributed by atoms with Gasteiger partial charge in [-0.1, -0.05) is 12.8 Å². The fourth-order valence-corrected chi connectivity index (χ4v) is 3.04. The molecule has 2 fully saturated rings. The van der Waals surface area contributed by atoms with Gasteiger partial charge in [0.2, 0.25) is 0 Å². The van der Waals surface area contributed by atoms with Crippen LogP contribution in [0.25, 0.3) is 0 Å². The van der Waals surface area contributed by atoms with Crippen LogP contribution < -0.4 is 5.73 Å². The van der Waals surface area contributed by atoms with Crippen LogP contribution in [0.15, 0.2) is 0 Å². The Morgan fingerprint density at radius 2 is 1.73 bits per heavy atom. The molecule has 1 heterocycles. The fourth-order valence-electron chi connectivity index (χ4n) is 3.04. The van der Waals surface area contributed by atoms with E-state index in [1.807, 2.05) is 7.11 Å². The molecule has 0 unspecified atom stereocenters. The third-order valence-corrected chi connectivity index (χ3v) is 4.06. The second-order valence-electron chi connectivity index (χ2n) is 4.99. The summed E-state index contributed by atoms with van der Waals surface area (Å²) < 4.78 is 5.40. The lowest BCUT2D eigenvalue weighted by atomic mass is 9.88. The van der Waals surface area contributed by atoms with Gasteiger partial charge in [0, 0.05) is 32.3 Å². The molecule has 1 saturated heterocycles. The number of nitrogens with two attached hydrogens (primary N) is 1. The Morgan fingerprint density at radius 1 is 1.07 bits per heavy atom. The molecule has 1 aliphatic heterocycles. The third kappa shape index (κ3) is 2.71. The molecule has 0 aromatic rings. The van der Waals surface area contributed by atoms with Gasteiger partial charge in [-0.3, -0.25) is 4.90 Å². The van der Waals surface area contributed by atoms with Gasteiger partial charge in [0.25, 0.3) is 0 Å². The molecule has 2 atom stereocenters. The van der Waals surface area contributed by atoms with Crippen molar-refractivity contribution in [3.8, 4) is 0 Å². The van der Waals surface area contributed by atoms with Gasteiger partial charge in [0.15, 0.2) is 0 Å². The minimum absolute atomic E-state index is 0.415. The first-order valence-corrected chi connectivity index (χ1v) is 6.33. The molecule has 88 valence electrons. The molecular weight excluding hydrogens is 188 g/mol. The first-order chi connectivity index (χ1) is 7.31. The van der Waals surface area contributed by atoms with E-state index in [-0.39, 0.29) is 0 Å². The molecule has 2 rings (SSSR count).